The van der Waals surface area contributed by atoms with E-state index in [9.17, 15) is 13.2 Å². The van der Waals surface area contributed by atoms with Gasteiger partial charge in [0.2, 0.25) is 0 Å². The molecule has 6 nitrogen and oxygen atoms in total. The highest BCUT2D eigenvalue weighted by molar-refractivity contribution is 7.92. The normalized spacial score (nSPS) is 15.5. The molecule has 30 heavy (non-hydrogen) atoms. The van der Waals surface area contributed by atoms with Gasteiger partial charge in [0, 0.05) is 0 Å². The third-order valence-corrected chi connectivity index (χ3v) is 6.85. The van der Waals surface area contributed by atoms with E-state index in [0.717, 1.165) is 5.56 Å². The van der Waals surface area contributed by atoms with Gasteiger partial charge in [0.25, 0.3) is 10.0 Å². The summed E-state index contributed by atoms with van der Waals surface area (Å²) in [5, 5.41) is 0. The SMILES string of the molecule is COC(=O)C1CN(S(=O)(=O)c2ccccc2)c2ccc(OCc3ccccc3)cc21. The molecule has 1 unspecified atom stereocenters. The molecule has 3 aromatic carbocycles. The van der Waals surface area contributed by atoms with Gasteiger partial charge < -0.3 is 9.47 Å². The van der Waals surface area contributed by atoms with E-state index in [-0.39, 0.29) is 11.4 Å². The number of rotatable bonds is 6. The molecule has 0 amide bonds. The molecule has 0 N–H and O–H groups in total. The van der Waals surface area contributed by atoms with E-state index in [2.05, 4.69) is 0 Å². The first-order chi connectivity index (χ1) is 14.5. The van der Waals surface area contributed by atoms with Gasteiger partial charge in [-0.25, -0.2) is 8.42 Å². The van der Waals surface area contributed by atoms with Crippen LogP contribution in [0.25, 0.3) is 0 Å². The third-order valence-electron chi connectivity index (χ3n) is 5.06. The van der Waals surface area contributed by atoms with Gasteiger partial charge in [-0.15, -0.1) is 0 Å². The van der Waals surface area contributed by atoms with Gasteiger partial charge in [-0.05, 0) is 41.5 Å². The molecule has 1 atom stereocenters. The maximum absolute atomic E-state index is 13.2. The molecule has 1 aliphatic heterocycles. The summed E-state index contributed by atoms with van der Waals surface area (Å²) in [6, 6.07) is 23.0. The smallest absolute Gasteiger partial charge is 0.315 e. The van der Waals surface area contributed by atoms with Crippen LogP contribution in [0.4, 0.5) is 5.69 Å². The predicted molar refractivity (Wildman–Crippen MR) is 113 cm³/mol. The molecular weight excluding hydrogens is 402 g/mol. The Labute approximate surface area is 175 Å². The predicted octanol–water partition coefficient (Wildman–Crippen LogP) is 3.73. The first-order valence-electron chi connectivity index (χ1n) is 9.47. The summed E-state index contributed by atoms with van der Waals surface area (Å²) in [5.74, 6) is -0.642. The molecule has 0 fully saturated rings. The summed E-state index contributed by atoms with van der Waals surface area (Å²) < 4.78 is 38.4. The summed E-state index contributed by atoms with van der Waals surface area (Å²) in [4.78, 5) is 12.6. The molecule has 0 saturated heterocycles. The fraction of sp³-hybridized carbons (Fsp3) is 0.174. The molecule has 4 rings (SSSR count). The van der Waals surface area contributed by atoms with E-state index in [0.29, 0.717) is 23.6 Å². The van der Waals surface area contributed by atoms with Gasteiger partial charge >= 0.3 is 5.97 Å². The fourth-order valence-corrected chi connectivity index (χ4v) is 5.05. The minimum Gasteiger partial charge on any atom is -0.489 e. The zero-order valence-corrected chi connectivity index (χ0v) is 17.2. The zero-order valence-electron chi connectivity index (χ0n) is 16.4. The number of carbonyl (C=O) groups is 1. The van der Waals surface area contributed by atoms with Crippen LogP contribution in [-0.4, -0.2) is 28.0 Å². The van der Waals surface area contributed by atoms with Crippen molar-refractivity contribution in [2.75, 3.05) is 18.0 Å². The molecule has 0 bridgehead atoms. The van der Waals surface area contributed by atoms with Gasteiger partial charge in [-0.2, -0.15) is 0 Å². The molecule has 0 saturated carbocycles. The van der Waals surface area contributed by atoms with Crippen molar-refractivity contribution in [1.29, 1.82) is 0 Å². The van der Waals surface area contributed by atoms with E-state index < -0.39 is 21.9 Å². The average molecular weight is 423 g/mol. The van der Waals surface area contributed by atoms with Crippen LogP contribution in [-0.2, 0) is 26.2 Å². The molecule has 3 aromatic rings. The first-order valence-corrected chi connectivity index (χ1v) is 10.9. The lowest BCUT2D eigenvalue weighted by Gasteiger charge is -2.20. The Morgan fingerprint density at radius 1 is 1.00 bits per heavy atom. The monoisotopic (exact) mass is 423 g/mol. The standard InChI is InChI=1S/C23H21NO5S/c1-28-23(25)21-15-24(30(26,27)19-10-6-3-7-11-19)22-13-12-18(14-20(21)22)29-16-17-8-4-2-5-9-17/h2-14,21H,15-16H2,1H3. The Morgan fingerprint density at radius 3 is 2.33 bits per heavy atom. The van der Waals surface area contributed by atoms with E-state index in [1.807, 2.05) is 30.3 Å². The Kier molecular flexibility index (Phi) is 5.46. The summed E-state index contributed by atoms with van der Waals surface area (Å²) in [6.45, 7) is 0.357. The van der Waals surface area contributed by atoms with Crippen molar-refractivity contribution in [2.24, 2.45) is 0 Å². The molecule has 7 heteroatoms. The van der Waals surface area contributed by atoms with Crippen LogP contribution in [0.15, 0.2) is 83.8 Å². The lowest BCUT2D eigenvalue weighted by molar-refractivity contribution is -0.141. The van der Waals surface area contributed by atoms with E-state index in [1.54, 1.807) is 36.4 Å². The van der Waals surface area contributed by atoms with Crippen LogP contribution in [0.5, 0.6) is 5.75 Å². The minimum absolute atomic E-state index is 0.0125. The molecular formula is C23H21NO5S. The largest absolute Gasteiger partial charge is 0.489 e. The number of anilines is 1. The fourth-order valence-electron chi connectivity index (χ4n) is 3.52. The van der Waals surface area contributed by atoms with Crippen LogP contribution >= 0.6 is 0 Å². The second-order valence-corrected chi connectivity index (χ2v) is 8.78. The third kappa shape index (κ3) is 3.76. The number of nitrogens with zero attached hydrogens (tertiary/aromatic N) is 1. The Morgan fingerprint density at radius 2 is 1.67 bits per heavy atom. The van der Waals surface area contributed by atoms with Crippen LogP contribution in [0.3, 0.4) is 0 Å². The van der Waals surface area contributed by atoms with Gasteiger partial charge in [0.05, 0.1) is 24.2 Å². The molecule has 1 aliphatic rings. The molecule has 0 radical (unpaired) electrons. The zero-order chi connectivity index (χ0) is 21.1. The number of esters is 1. The summed E-state index contributed by atoms with van der Waals surface area (Å²) in [6.07, 6.45) is 0. The number of benzene rings is 3. The number of carbonyl (C=O) groups excluding carboxylic acids is 1. The number of fused-ring (bicyclic) bond motifs is 1. The van der Waals surface area contributed by atoms with Crippen molar-refractivity contribution in [1.82, 2.24) is 0 Å². The molecule has 154 valence electrons. The molecule has 0 aromatic heterocycles. The molecule has 0 spiro atoms. The maximum atomic E-state index is 13.2. The highest BCUT2D eigenvalue weighted by Gasteiger charge is 2.40. The lowest BCUT2D eigenvalue weighted by Crippen LogP contribution is -2.31. The van der Waals surface area contributed by atoms with E-state index in [4.69, 9.17) is 9.47 Å². The van der Waals surface area contributed by atoms with Crippen molar-refractivity contribution < 1.29 is 22.7 Å². The van der Waals surface area contributed by atoms with Gasteiger partial charge in [0.15, 0.2) is 0 Å². The number of hydrogen-bond acceptors (Lipinski definition) is 5. The lowest BCUT2D eigenvalue weighted by atomic mass is 10.0. The topological polar surface area (TPSA) is 72.9 Å². The highest BCUT2D eigenvalue weighted by Crippen LogP contribution is 2.42. The van der Waals surface area contributed by atoms with Crippen molar-refractivity contribution in [3.63, 3.8) is 0 Å². The van der Waals surface area contributed by atoms with Gasteiger partial charge in [-0.3, -0.25) is 9.10 Å². The Hall–Kier alpha value is -3.32. The number of hydrogen-bond donors (Lipinski definition) is 0. The van der Waals surface area contributed by atoms with Crippen molar-refractivity contribution in [3.8, 4) is 5.75 Å². The summed E-state index contributed by atoms with van der Waals surface area (Å²) in [5.41, 5.74) is 2.05. The van der Waals surface area contributed by atoms with Gasteiger partial charge in [0.1, 0.15) is 18.3 Å². The van der Waals surface area contributed by atoms with Crippen molar-refractivity contribution >= 4 is 21.7 Å². The Balaban J connectivity index is 1.67. The van der Waals surface area contributed by atoms with Crippen LogP contribution in [0.2, 0.25) is 0 Å². The second-order valence-electron chi connectivity index (χ2n) is 6.92. The highest BCUT2D eigenvalue weighted by atomic mass is 32.2. The quantitative estimate of drug-likeness (QED) is 0.565. The first kappa shape index (κ1) is 20.0. The van der Waals surface area contributed by atoms with Crippen molar-refractivity contribution in [2.45, 2.75) is 17.4 Å². The molecule has 0 aliphatic carbocycles. The number of methoxy groups -OCH3 is 1. The number of sulfonamides is 1. The molecule has 1 heterocycles. The Bertz CT molecular complexity index is 1150. The van der Waals surface area contributed by atoms with Gasteiger partial charge in [-0.1, -0.05) is 48.5 Å². The second kappa shape index (κ2) is 8.20. The van der Waals surface area contributed by atoms with E-state index >= 15 is 0 Å². The van der Waals surface area contributed by atoms with Crippen LogP contribution < -0.4 is 9.04 Å². The maximum Gasteiger partial charge on any atom is 0.315 e. The van der Waals surface area contributed by atoms with E-state index in [1.165, 1.54) is 23.5 Å². The summed E-state index contributed by atoms with van der Waals surface area (Å²) in [7, 11) is -2.51. The number of ether oxygens (including phenoxy) is 2. The minimum atomic E-state index is -3.81. The van der Waals surface area contributed by atoms with Crippen molar-refractivity contribution in [3.05, 3.63) is 90.0 Å². The van der Waals surface area contributed by atoms with Crippen LogP contribution in [0, 0.1) is 0 Å². The van der Waals surface area contributed by atoms with Crippen LogP contribution in [0.1, 0.15) is 17.0 Å². The average Bonchev–Trinajstić information content (AvgIpc) is 3.18. The summed E-state index contributed by atoms with van der Waals surface area (Å²) >= 11 is 0.